The van der Waals surface area contributed by atoms with Crippen molar-refractivity contribution in [2.75, 3.05) is 6.61 Å². The average Bonchev–Trinajstić information content (AvgIpc) is 2.28. The van der Waals surface area contributed by atoms with E-state index in [1.54, 1.807) is 0 Å². The Hall–Kier alpha value is -1.02. The summed E-state index contributed by atoms with van der Waals surface area (Å²) in [6.45, 7) is 8.55. The van der Waals surface area contributed by atoms with Crippen LogP contribution in [0.2, 0.25) is 0 Å². The van der Waals surface area contributed by atoms with Crippen molar-refractivity contribution in [3.63, 3.8) is 0 Å². The van der Waals surface area contributed by atoms with Gasteiger partial charge in [0.2, 0.25) is 0 Å². The van der Waals surface area contributed by atoms with E-state index in [-0.39, 0.29) is 12.0 Å². The molecule has 0 aliphatic heterocycles. The largest absolute Gasteiger partial charge is 0.491 e. The molecule has 16 heavy (non-hydrogen) atoms. The Bertz CT molecular complexity index is 334. The average molecular weight is 222 g/mol. The number of rotatable bonds is 5. The zero-order valence-corrected chi connectivity index (χ0v) is 10.7. The summed E-state index contributed by atoms with van der Waals surface area (Å²) in [6.07, 6.45) is 0.585. The highest BCUT2D eigenvalue weighted by Crippen LogP contribution is 2.20. The minimum atomic E-state index is -0.384. The molecule has 2 heteroatoms. The summed E-state index contributed by atoms with van der Waals surface area (Å²) in [7, 11) is 0. The van der Waals surface area contributed by atoms with E-state index >= 15 is 0 Å². The third-order valence-electron chi connectivity index (χ3n) is 3.05. The van der Waals surface area contributed by atoms with Crippen molar-refractivity contribution in [3.05, 3.63) is 29.3 Å². The van der Waals surface area contributed by atoms with Crippen molar-refractivity contribution in [2.24, 2.45) is 5.92 Å². The van der Waals surface area contributed by atoms with Crippen LogP contribution in [0.5, 0.6) is 5.75 Å². The first-order valence-electron chi connectivity index (χ1n) is 5.92. The number of ether oxygens (including phenoxy) is 1. The fourth-order valence-electron chi connectivity index (χ4n) is 1.47. The lowest BCUT2D eigenvalue weighted by molar-refractivity contribution is 0.0619. The summed E-state index contributed by atoms with van der Waals surface area (Å²) >= 11 is 0. The monoisotopic (exact) mass is 222 g/mol. The van der Waals surface area contributed by atoms with Gasteiger partial charge in [0.1, 0.15) is 12.4 Å². The molecule has 0 aliphatic carbocycles. The van der Waals surface area contributed by atoms with Gasteiger partial charge in [-0.05, 0) is 37.0 Å². The van der Waals surface area contributed by atoms with Gasteiger partial charge in [-0.2, -0.15) is 0 Å². The first kappa shape index (κ1) is 13.0. The SMILES string of the molecule is CCC(C)C(O)COc1cc(C)ccc1C. The molecule has 1 aromatic carbocycles. The molecule has 0 spiro atoms. The van der Waals surface area contributed by atoms with Crippen LogP contribution in [0.1, 0.15) is 31.4 Å². The van der Waals surface area contributed by atoms with Crippen LogP contribution in [-0.2, 0) is 0 Å². The molecule has 90 valence electrons. The molecule has 0 bridgehead atoms. The molecule has 0 saturated heterocycles. The predicted molar refractivity (Wildman–Crippen MR) is 66.9 cm³/mol. The molecular formula is C14H22O2. The maximum absolute atomic E-state index is 9.81. The van der Waals surface area contributed by atoms with Gasteiger partial charge in [0.25, 0.3) is 0 Å². The van der Waals surface area contributed by atoms with Gasteiger partial charge in [-0.25, -0.2) is 0 Å². The van der Waals surface area contributed by atoms with Crippen molar-refractivity contribution in [1.29, 1.82) is 0 Å². The zero-order chi connectivity index (χ0) is 12.1. The molecular weight excluding hydrogens is 200 g/mol. The summed E-state index contributed by atoms with van der Waals surface area (Å²) in [4.78, 5) is 0. The first-order valence-corrected chi connectivity index (χ1v) is 5.92. The van der Waals surface area contributed by atoms with Gasteiger partial charge < -0.3 is 9.84 Å². The molecule has 0 heterocycles. The summed E-state index contributed by atoms with van der Waals surface area (Å²) in [6, 6.07) is 6.12. The molecule has 2 nitrogen and oxygen atoms in total. The first-order chi connectivity index (χ1) is 7.54. The van der Waals surface area contributed by atoms with Crippen molar-refractivity contribution in [1.82, 2.24) is 0 Å². The Morgan fingerprint density at radius 3 is 2.62 bits per heavy atom. The summed E-state index contributed by atoms with van der Waals surface area (Å²) in [5.41, 5.74) is 2.29. The van der Waals surface area contributed by atoms with E-state index in [1.165, 1.54) is 5.56 Å². The normalized spacial score (nSPS) is 14.6. The molecule has 0 aliphatic rings. The van der Waals surface area contributed by atoms with E-state index in [0.717, 1.165) is 17.7 Å². The maximum atomic E-state index is 9.81. The van der Waals surface area contributed by atoms with Gasteiger partial charge in [-0.1, -0.05) is 32.4 Å². The maximum Gasteiger partial charge on any atom is 0.122 e. The Kier molecular flexibility index (Phi) is 4.81. The Balaban J connectivity index is 2.57. The van der Waals surface area contributed by atoms with Crippen molar-refractivity contribution >= 4 is 0 Å². The van der Waals surface area contributed by atoms with Crippen molar-refractivity contribution in [3.8, 4) is 5.75 Å². The third-order valence-corrected chi connectivity index (χ3v) is 3.05. The van der Waals surface area contributed by atoms with Crippen LogP contribution >= 0.6 is 0 Å². The number of hydrogen-bond donors (Lipinski definition) is 1. The van der Waals surface area contributed by atoms with Crippen LogP contribution in [0, 0.1) is 19.8 Å². The molecule has 0 fully saturated rings. The number of benzene rings is 1. The van der Waals surface area contributed by atoms with Crippen LogP contribution in [0.15, 0.2) is 18.2 Å². The summed E-state index contributed by atoms with van der Waals surface area (Å²) < 4.78 is 5.65. The second-order valence-electron chi connectivity index (χ2n) is 4.53. The minimum absolute atomic E-state index is 0.283. The van der Waals surface area contributed by atoms with E-state index in [9.17, 15) is 5.11 Å². The van der Waals surface area contributed by atoms with Gasteiger partial charge in [-0.3, -0.25) is 0 Å². The van der Waals surface area contributed by atoms with Gasteiger partial charge >= 0.3 is 0 Å². The van der Waals surface area contributed by atoms with Gasteiger partial charge in [-0.15, -0.1) is 0 Å². The molecule has 0 saturated carbocycles. The van der Waals surface area contributed by atoms with Crippen LogP contribution in [0.25, 0.3) is 0 Å². The van der Waals surface area contributed by atoms with E-state index in [1.807, 2.05) is 32.9 Å². The van der Waals surface area contributed by atoms with Gasteiger partial charge in [0.15, 0.2) is 0 Å². The highest BCUT2D eigenvalue weighted by atomic mass is 16.5. The summed E-state index contributed by atoms with van der Waals surface area (Å²) in [5, 5.41) is 9.81. The van der Waals surface area contributed by atoms with Gasteiger partial charge in [0, 0.05) is 0 Å². The molecule has 1 rings (SSSR count). The van der Waals surface area contributed by atoms with Crippen molar-refractivity contribution < 1.29 is 9.84 Å². The predicted octanol–water partition coefficient (Wildman–Crippen LogP) is 3.09. The Labute approximate surface area is 98.3 Å². The van der Waals surface area contributed by atoms with E-state index < -0.39 is 0 Å². The smallest absolute Gasteiger partial charge is 0.122 e. The molecule has 1 N–H and O–H groups in total. The number of hydrogen-bond acceptors (Lipinski definition) is 2. The van der Waals surface area contributed by atoms with E-state index in [0.29, 0.717) is 6.61 Å². The molecule has 2 atom stereocenters. The highest BCUT2D eigenvalue weighted by Gasteiger charge is 2.13. The highest BCUT2D eigenvalue weighted by molar-refractivity contribution is 5.35. The van der Waals surface area contributed by atoms with Crippen LogP contribution in [0.4, 0.5) is 0 Å². The van der Waals surface area contributed by atoms with Gasteiger partial charge in [0.05, 0.1) is 6.10 Å². The quantitative estimate of drug-likeness (QED) is 0.829. The topological polar surface area (TPSA) is 29.5 Å². The molecule has 0 aromatic heterocycles. The third kappa shape index (κ3) is 3.53. The lowest BCUT2D eigenvalue weighted by Gasteiger charge is -2.18. The summed E-state index contributed by atoms with van der Waals surface area (Å²) in [5.74, 6) is 1.16. The Morgan fingerprint density at radius 2 is 2.00 bits per heavy atom. The number of aryl methyl sites for hydroxylation is 2. The standard InChI is InChI=1S/C14H22O2/c1-5-11(3)13(15)9-16-14-8-10(2)6-7-12(14)4/h6-8,11,13,15H,5,9H2,1-4H3. The number of aliphatic hydroxyl groups excluding tert-OH is 1. The minimum Gasteiger partial charge on any atom is -0.491 e. The fourth-order valence-corrected chi connectivity index (χ4v) is 1.47. The van der Waals surface area contributed by atoms with Crippen LogP contribution in [-0.4, -0.2) is 17.8 Å². The second kappa shape index (κ2) is 5.90. The number of aliphatic hydroxyl groups is 1. The second-order valence-corrected chi connectivity index (χ2v) is 4.53. The molecule has 0 amide bonds. The zero-order valence-electron chi connectivity index (χ0n) is 10.7. The fraction of sp³-hybridized carbons (Fsp3) is 0.571. The lowest BCUT2D eigenvalue weighted by Crippen LogP contribution is -2.25. The van der Waals surface area contributed by atoms with Crippen LogP contribution in [0.3, 0.4) is 0 Å². The van der Waals surface area contributed by atoms with E-state index in [4.69, 9.17) is 4.74 Å². The van der Waals surface area contributed by atoms with Crippen molar-refractivity contribution in [2.45, 2.75) is 40.2 Å². The van der Waals surface area contributed by atoms with Crippen LogP contribution < -0.4 is 4.74 Å². The lowest BCUT2D eigenvalue weighted by atomic mass is 10.0. The van der Waals surface area contributed by atoms with E-state index in [2.05, 4.69) is 13.0 Å². The Morgan fingerprint density at radius 1 is 1.31 bits per heavy atom. The molecule has 2 unspecified atom stereocenters. The molecule has 0 radical (unpaired) electrons. The molecule has 1 aromatic rings.